The maximum absolute atomic E-state index is 11.8. The maximum atomic E-state index is 11.8. The van der Waals surface area contributed by atoms with Crippen LogP contribution in [0.25, 0.3) is 10.4 Å². The summed E-state index contributed by atoms with van der Waals surface area (Å²) in [6.07, 6.45) is 1.81. The average molecular weight is 289 g/mol. The number of nitrogens with two attached hydrogens (primary N) is 1. The van der Waals surface area contributed by atoms with Crippen LogP contribution in [-0.2, 0) is 17.6 Å². The molecule has 0 fully saturated rings. The van der Waals surface area contributed by atoms with Gasteiger partial charge in [-0.25, -0.2) is 4.79 Å². The first-order chi connectivity index (χ1) is 9.62. The van der Waals surface area contributed by atoms with Crippen molar-refractivity contribution in [2.75, 3.05) is 12.8 Å². The van der Waals surface area contributed by atoms with Gasteiger partial charge in [-0.1, -0.05) is 38.1 Å². The summed E-state index contributed by atoms with van der Waals surface area (Å²) in [5.74, 6) is -0.362. The normalized spacial score (nSPS) is 10.6. The summed E-state index contributed by atoms with van der Waals surface area (Å²) < 4.78 is 4.79. The van der Waals surface area contributed by atoms with E-state index in [9.17, 15) is 4.79 Å². The lowest BCUT2D eigenvalue weighted by atomic mass is 10.0. The first-order valence-corrected chi connectivity index (χ1v) is 7.52. The van der Waals surface area contributed by atoms with Crippen LogP contribution in [0.5, 0.6) is 0 Å². The second kappa shape index (κ2) is 6.09. The number of hydrogen-bond donors (Lipinski definition) is 1. The topological polar surface area (TPSA) is 52.3 Å². The molecule has 20 heavy (non-hydrogen) atoms. The van der Waals surface area contributed by atoms with E-state index < -0.39 is 0 Å². The fraction of sp³-hybridized carbons (Fsp3) is 0.312. The molecular weight excluding hydrogens is 270 g/mol. The molecule has 0 atom stereocenters. The van der Waals surface area contributed by atoms with Gasteiger partial charge < -0.3 is 10.5 Å². The first-order valence-electron chi connectivity index (χ1n) is 6.71. The smallest absolute Gasteiger partial charge is 0.350 e. The third-order valence-electron chi connectivity index (χ3n) is 3.40. The lowest BCUT2D eigenvalue weighted by molar-refractivity contribution is 0.0607. The molecule has 1 heterocycles. The largest absolute Gasteiger partial charge is 0.465 e. The predicted octanol–water partition coefficient (Wildman–Crippen LogP) is 3.91. The van der Waals surface area contributed by atoms with E-state index in [1.165, 1.54) is 24.0 Å². The standard InChI is InChI=1S/C16H19NO2S/c1-4-10-6-8-11(9-7-10)14-12(5-2)13(17)15(20-14)16(18)19-3/h6-9H,4-5,17H2,1-3H3. The number of hydrogen-bond acceptors (Lipinski definition) is 4. The van der Waals surface area contributed by atoms with E-state index >= 15 is 0 Å². The highest BCUT2D eigenvalue weighted by molar-refractivity contribution is 7.18. The Morgan fingerprint density at radius 3 is 2.35 bits per heavy atom. The summed E-state index contributed by atoms with van der Waals surface area (Å²) in [6.45, 7) is 4.17. The molecule has 0 aliphatic heterocycles. The third-order valence-corrected chi connectivity index (χ3v) is 4.67. The van der Waals surface area contributed by atoms with E-state index in [0.717, 1.165) is 28.8 Å². The Labute approximate surface area is 123 Å². The molecule has 0 aliphatic rings. The zero-order valence-electron chi connectivity index (χ0n) is 12.0. The Morgan fingerprint density at radius 1 is 1.20 bits per heavy atom. The van der Waals surface area contributed by atoms with Crippen LogP contribution < -0.4 is 5.73 Å². The van der Waals surface area contributed by atoms with Crippen LogP contribution >= 0.6 is 11.3 Å². The van der Waals surface area contributed by atoms with Crippen molar-refractivity contribution in [3.05, 3.63) is 40.3 Å². The van der Waals surface area contributed by atoms with Crippen LogP contribution in [0, 0.1) is 0 Å². The Hall–Kier alpha value is -1.81. The Bertz CT molecular complexity index is 614. The first kappa shape index (κ1) is 14.6. The number of esters is 1. The number of methoxy groups -OCH3 is 1. The van der Waals surface area contributed by atoms with Crippen LogP contribution in [0.4, 0.5) is 5.69 Å². The molecule has 0 radical (unpaired) electrons. The number of anilines is 1. The lowest BCUT2D eigenvalue weighted by Crippen LogP contribution is -2.02. The zero-order valence-corrected chi connectivity index (χ0v) is 12.8. The highest BCUT2D eigenvalue weighted by atomic mass is 32.1. The summed E-state index contributed by atoms with van der Waals surface area (Å²) in [6, 6.07) is 8.40. The summed E-state index contributed by atoms with van der Waals surface area (Å²) in [7, 11) is 1.38. The van der Waals surface area contributed by atoms with Crippen molar-refractivity contribution in [2.45, 2.75) is 26.7 Å². The molecule has 2 rings (SSSR count). The fourth-order valence-corrected chi connectivity index (χ4v) is 3.43. The number of benzene rings is 1. The van der Waals surface area contributed by atoms with E-state index in [-0.39, 0.29) is 5.97 Å². The van der Waals surface area contributed by atoms with Crippen LogP contribution in [0.15, 0.2) is 24.3 Å². The molecule has 1 aromatic heterocycles. The van der Waals surface area contributed by atoms with E-state index in [1.807, 2.05) is 6.92 Å². The van der Waals surface area contributed by atoms with Crippen LogP contribution in [0.3, 0.4) is 0 Å². The molecule has 3 nitrogen and oxygen atoms in total. The molecule has 0 spiro atoms. The van der Waals surface area contributed by atoms with Gasteiger partial charge in [0.1, 0.15) is 4.88 Å². The van der Waals surface area contributed by atoms with Gasteiger partial charge in [-0.3, -0.25) is 0 Å². The second-order valence-electron chi connectivity index (χ2n) is 4.55. The quantitative estimate of drug-likeness (QED) is 0.868. The molecule has 0 saturated carbocycles. The molecule has 0 bridgehead atoms. The number of carbonyl (C=O) groups excluding carboxylic acids is 1. The van der Waals surface area contributed by atoms with Crippen molar-refractivity contribution in [3.8, 4) is 10.4 Å². The molecular formula is C16H19NO2S. The number of nitrogen functional groups attached to an aromatic ring is 1. The van der Waals surface area contributed by atoms with Crippen molar-refractivity contribution >= 4 is 23.0 Å². The van der Waals surface area contributed by atoms with Gasteiger partial charge in [0.25, 0.3) is 0 Å². The average Bonchev–Trinajstić information content (AvgIpc) is 2.83. The molecule has 0 saturated heterocycles. The maximum Gasteiger partial charge on any atom is 0.350 e. The minimum Gasteiger partial charge on any atom is -0.465 e. The van der Waals surface area contributed by atoms with Crippen molar-refractivity contribution in [1.29, 1.82) is 0 Å². The zero-order chi connectivity index (χ0) is 14.7. The van der Waals surface area contributed by atoms with Gasteiger partial charge in [0.2, 0.25) is 0 Å². The molecule has 106 valence electrons. The minimum atomic E-state index is -0.362. The molecule has 0 aliphatic carbocycles. The summed E-state index contributed by atoms with van der Waals surface area (Å²) >= 11 is 1.41. The predicted molar refractivity (Wildman–Crippen MR) is 84.3 cm³/mol. The summed E-state index contributed by atoms with van der Waals surface area (Å²) in [5, 5.41) is 0. The monoisotopic (exact) mass is 289 g/mol. The van der Waals surface area contributed by atoms with Gasteiger partial charge >= 0.3 is 5.97 Å². The van der Waals surface area contributed by atoms with E-state index in [4.69, 9.17) is 10.5 Å². The molecule has 2 N–H and O–H groups in total. The molecule has 0 amide bonds. The molecule has 2 aromatic rings. The van der Waals surface area contributed by atoms with Gasteiger partial charge in [-0.05, 0) is 29.5 Å². The molecule has 1 aromatic carbocycles. The lowest BCUT2D eigenvalue weighted by Gasteiger charge is -2.04. The number of carbonyl (C=O) groups is 1. The molecule has 0 unspecified atom stereocenters. The summed E-state index contributed by atoms with van der Waals surface area (Å²) in [5.41, 5.74) is 10.1. The van der Waals surface area contributed by atoms with Crippen molar-refractivity contribution in [2.24, 2.45) is 0 Å². The number of rotatable bonds is 4. The van der Waals surface area contributed by atoms with Gasteiger partial charge in [0, 0.05) is 4.88 Å². The second-order valence-corrected chi connectivity index (χ2v) is 5.57. The van der Waals surface area contributed by atoms with Crippen LogP contribution in [-0.4, -0.2) is 13.1 Å². The number of aryl methyl sites for hydroxylation is 1. The van der Waals surface area contributed by atoms with Crippen molar-refractivity contribution in [3.63, 3.8) is 0 Å². The van der Waals surface area contributed by atoms with Gasteiger partial charge in [-0.2, -0.15) is 0 Å². The Morgan fingerprint density at radius 2 is 1.85 bits per heavy atom. The minimum absolute atomic E-state index is 0.362. The highest BCUT2D eigenvalue weighted by Crippen LogP contribution is 2.39. The SMILES string of the molecule is CCc1ccc(-c2sc(C(=O)OC)c(N)c2CC)cc1. The Balaban J connectivity index is 2.52. The van der Waals surface area contributed by atoms with Crippen molar-refractivity contribution in [1.82, 2.24) is 0 Å². The number of thiophene rings is 1. The van der Waals surface area contributed by atoms with E-state index in [1.54, 1.807) is 0 Å². The highest BCUT2D eigenvalue weighted by Gasteiger charge is 2.21. The third kappa shape index (κ3) is 2.56. The molecule has 4 heteroatoms. The van der Waals surface area contributed by atoms with E-state index in [0.29, 0.717) is 10.6 Å². The summed E-state index contributed by atoms with van der Waals surface area (Å²) in [4.78, 5) is 13.3. The van der Waals surface area contributed by atoms with Crippen LogP contribution in [0.2, 0.25) is 0 Å². The van der Waals surface area contributed by atoms with Crippen molar-refractivity contribution < 1.29 is 9.53 Å². The van der Waals surface area contributed by atoms with Gasteiger partial charge in [0.15, 0.2) is 0 Å². The van der Waals surface area contributed by atoms with Gasteiger partial charge in [-0.15, -0.1) is 11.3 Å². The van der Waals surface area contributed by atoms with Gasteiger partial charge in [0.05, 0.1) is 12.8 Å². The van der Waals surface area contributed by atoms with Crippen LogP contribution in [0.1, 0.15) is 34.6 Å². The fourth-order valence-electron chi connectivity index (χ4n) is 2.20. The number of ether oxygens (including phenoxy) is 1. The van der Waals surface area contributed by atoms with E-state index in [2.05, 4.69) is 31.2 Å². The Kier molecular flexibility index (Phi) is 4.45.